The smallest absolute Gasteiger partial charge is 0.329 e. The monoisotopic (exact) mass is 333 g/mol. The molecule has 1 aliphatic rings. The summed E-state index contributed by atoms with van der Waals surface area (Å²) in [5.41, 5.74) is -0.514. The second kappa shape index (κ2) is 6.25. The molecule has 0 aromatic carbocycles. The van der Waals surface area contributed by atoms with Crippen molar-refractivity contribution in [2.24, 2.45) is 5.92 Å². The van der Waals surface area contributed by atoms with E-state index in [1.165, 1.54) is 0 Å². The molecule has 1 aliphatic heterocycles. The highest BCUT2D eigenvalue weighted by molar-refractivity contribution is 9.10. The Morgan fingerprint density at radius 3 is 2.37 bits per heavy atom. The minimum atomic E-state index is -0.514. The van der Waals surface area contributed by atoms with Gasteiger partial charge >= 0.3 is 5.97 Å². The Balaban J connectivity index is 2.74. The van der Waals surface area contributed by atoms with Crippen LogP contribution in [0.25, 0.3) is 0 Å². The largest absolute Gasteiger partial charge is 0.458 e. The molecule has 0 aromatic rings. The third kappa shape index (κ3) is 4.48. The van der Waals surface area contributed by atoms with E-state index in [1.54, 1.807) is 4.90 Å². The van der Waals surface area contributed by atoms with Crippen LogP contribution in [-0.4, -0.2) is 39.8 Å². The van der Waals surface area contributed by atoms with Crippen LogP contribution in [0.3, 0.4) is 0 Å². The lowest BCUT2D eigenvalue weighted by atomic mass is 10.1. The Bertz CT molecular complexity index is 349. The minimum absolute atomic E-state index is 0.0108. The second-order valence-corrected chi connectivity index (χ2v) is 7.36. The van der Waals surface area contributed by atoms with Crippen LogP contribution in [0.5, 0.6) is 0 Å². The van der Waals surface area contributed by atoms with Crippen LogP contribution in [0.15, 0.2) is 0 Å². The highest BCUT2D eigenvalue weighted by atomic mass is 79.9. The van der Waals surface area contributed by atoms with E-state index in [4.69, 9.17) is 4.74 Å². The number of carbonyl (C=O) groups excluding carboxylic acids is 2. The number of hydrogen-bond acceptors (Lipinski definition) is 3. The molecule has 1 fully saturated rings. The predicted molar refractivity (Wildman–Crippen MR) is 78.1 cm³/mol. The van der Waals surface area contributed by atoms with Crippen LogP contribution in [0.1, 0.15) is 47.5 Å². The van der Waals surface area contributed by atoms with Gasteiger partial charge in [-0.1, -0.05) is 29.8 Å². The number of esters is 1. The molecule has 0 aliphatic carbocycles. The van der Waals surface area contributed by atoms with Crippen molar-refractivity contribution in [3.05, 3.63) is 0 Å². The van der Waals surface area contributed by atoms with Gasteiger partial charge in [0.15, 0.2) is 0 Å². The van der Waals surface area contributed by atoms with Crippen LogP contribution in [0.4, 0.5) is 0 Å². The Kier molecular flexibility index (Phi) is 5.42. The maximum Gasteiger partial charge on any atom is 0.329 e. The molecule has 0 saturated carbocycles. The van der Waals surface area contributed by atoms with Gasteiger partial charge < -0.3 is 9.64 Å². The Morgan fingerprint density at radius 1 is 1.32 bits per heavy atom. The molecule has 0 N–H and O–H groups in total. The van der Waals surface area contributed by atoms with Gasteiger partial charge in [-0.2, -0.15) is 0 Å². The SMILES string of the molecule is CC(C)C(Br)C(=O)N1CCC[C@H]1C(=O)OC(C)(C)C. The molecule has 1 saturated heterocycles. The maximum absolute atomic E-state index is 12.3. The first-order valence-electron chi connectivity index (χ1n) is 6.81. The van der Waals surface area contributed by atoms with E-state index in [1.807, 2.05) is 34.6 Å². The first kappa shape index (κ1) is 16.5. The van der Waals surface area contributed by atoms with Gasteiger partial charge in [-0.3, -0.25) is 4.79 Å². The number of likely N-dealkylation sites (tertiary alicyclic amines) is 1. The molecular formula is C14H24BrNO3. The van der Waals surface area contributed by atoms with Gasteiger partial charge in [0.1, 0.15) is 11.6 Å². The summed E-state index contributed by atoms with van der Waals surface area (Å²) in [5.74, 6) is -0.0995. The van der Waals surface area contributed by atoms with Crippen molar-refractivity contribution in [3.63, 3.8) is 0 Å². The Hall–Kier alpha value is -0.580. The summed E-state index contributed by atoms with van der Waals surface area (Å²) in [7, 11) is 0. The first-order valence-corrected chi connectivity index (χ1v) is 7.72. The molecule has 19 heavy (non-hydrogen) atoms. The van der Waals surface area contributed by atoms with E-state index in [2.05, 4.69) is 15.9 Å². The quantitative estimate of drug-likeness (QED) is 0.589. The zero-order valence-electron chi connectivity index (χ0n) is 12.4. The van der Waals surface area contributed by atoms with Crippen molar-refractivity contribution >= 4 is 27.8 Å². The van der Waals surface area contributed by atoms with Gasteiger partial charge in [-0.05, 0) is 39.5 Å². The molecule has 1 amide bonds. The average Bonchev–Trinajstić information content (AvgIpc) is 2.73. The highest BCUT2D eigenvalue weighted by Gasteiger charge is 2.39. The van der Waals surface area contributed by atoms with Gasteiger partial charge in [0.25, 0.3) is 0 Å². The Morgan fingerprint density at radius 2 is 1.89 bits per heavy atom. The maximum atomic E-state index is 12.3. The van der Waals surface area contributed by atoms with Crippen LogP contribution in [-0.2, 0) is 14.3 Å². The topological polar surface area (TPSA) is 46.6 Å². The van der Waals surface area contributed by atoms with Crippen molar-refractivity contribution < 1.29 is 14.3 Å². The number of hydrogen-bond donors (Lipinski definition) is 0. The van der Waals surface area contributed by atoms with Crippen LogP contribution >= 0.6 is 15.9 Å². The van der Waals surface area contributed by atoms with Gasteiger partial charge in [-0.15, -0.1) is 0 Å². The fourth-order valence-corrected chi connectivity index (χ4v) is 2.35. The number of halogens is 1. The lowest BCUT2D eigenvalue weighted by Crippen LogP contribution is -2.47. The Labute approximate surface area is 124 Å². The fraction of sp³-hybridized carbons (Fsp3) is 0.857. The summed E-state index contributed by atoms with van der Waals surface area (Å²) in [5, 5.41) is 0. The molecule has 5 heteroatoms. The van der Waals surface area contributed by atoms with Gasteiger partial charge in [0, 0.05) is 6.54 Å². The van der Waals surface area contributed by atoms with E-state index >= 15 is 0 Å². The predicted octanol–water partition coefficient (Wildman–Crippen LogP) is 2.74. The number of ether oxygens (including phenoxy) is 1. The van der Waals surface area contributed by atoms with Crippen molar-refractivity contribution in [1.29, 1.82) is 0 Å². The molecule has 4 nitrogen and oxygen atoms in total. The van der Waals surface area contributed by atoms with E-state index < -0.39 is 11.6 Å². The van der Waals surface area contributed by atoms with Gasteiger partial charge in [-0.25, -0.2) is 4.79 Å². The van der Waals surface area contributed by atoms with Crippen LogP contribution in [0, 0.1) is 5.92 Å². The van der Waals surface area contributed by atoms with Crippen molar-refractivity contribution in [2.45, 2.75) is 63.9 Å². The number of alkyl halides is 1. The summed E-state index contributed by atoms with van der Waals surface area (Å²) in [4.78, 5) is 25.9. The lowest BCUT2D eigenvalue weighted by molar-refractivity contribution is -0.163. The number of rotatable bonds is 3. The average molecular weight is 334 g/mol. The van der Waals surface area contributed by atoms with E-state index in [-0.39, 0.29) is 22.6 Å². The number of nitrogens with zero attached hydrogens (tertiary/aromatic N) is 1. The third-order valence-electron chi connectivity index (χ3n) is 3.04. The third-order valence-corrected chi connectivity index (χ3v) is 4.48. The molecule has 1 heterocycles. The summed E-state index contributed by atoms with van der Waals surface area (Å²) in [6.07, 6.45) is 1.55. The first-order chi connectivity index (χ1) is 8.63. The molecular weight excluding hydrogens is 310 g/mol. The van der Waals surface area contributed by atoms with E-state index in [0.717, 1.165) is 6.42 Å². The lowest BCUT2D eigenvalue weighted by Gasteiger charge is -2.29. The molecule has 0 bridgehead atoms. The molecule has 1 rings (SSSR count). The second-order valence-electron chi connectivity index (χ2n) is 6.37. The normalized spacial score (nSPS) is 21.6. The van der Waals surface area contributed by atoms with Crippen LogP contribution in [0.2, 0.25) is 0 Å². The molecule has 0 spiro atoms. The number of amides is 1. The van der Waals surface area contributed by atoms with E-state index in [9.17, 15) is 9.59 Å². The summed E-state index contributed by atoms with van der Waals surface area (Å²) in [6.45, 7) is 10.1. The number of carbonyl (C=O) groups is 2. The molecule has 0 radical (unpaired) electrons. The summed E-state index contributed by atoms with van der Waals surface area (Å²) in [6, 6.07) is -0.425. The van der Waals surface area contributed by atoms with Gasteiger partial charge in [0.2, 0.25) is 5.91 Å². The summed E-state index contributed by atoms with van der Waals surface area (Å²) >= 11 is 3.41. The van der Waals surface area contributed by atoms with Crippen molar-refractivity contribution in [1.82, 2.24) is 4.90 Å². The summed E-state index contributed by atoms with van der Waals surface area (Å²) < 4.78 is 5.39. The van der Waals surface area contributed by atoms with Crippen molar-refractivity contribution in [2.75, 3.05) is 6.54 Å². The standard InChI is InChI=1S/C14H24BrNO3/c1-9(2)11(15)12(17)16-8-6-7-10(16)13(18)19-14(3,4)5/h9-11H,6-8H2,1-5H3/t10-,11?/m0/s1. The van der Waals surface area contributed by atoms with E-state index in [0.29, 0.717) is 13.0 Å². The molecule has 0 aromatic heterocycles. The minimum Gasteiger partial charge on any atom is -0.458 e. The highest BCUT2D eigenvalue weighted by Crippen LogP contribution is 2.25. The molecule has 2 atom stereocenters. The molecule has 1 unspecified atom stereocenters. The zero-order valence-corrected chi connectivity index (χ0v) is 14.0. The van der Waals surface area contributed by atoms with Gasteiger partial charge in [0.05, 0.1) is 4.83 Å². The van der Waals surface area contributed by atoms with Crippen molar-refractivity contribution in [3.8, 4) is 0 Å². The fourth-order valence-electron chi connectivity index (χ4n) is 2.09. The van der Waals surface area contributed by atoms with Crippen LogP contribution < -0.4 is 0 Å². The zero-order chi connectivity index (χ0) is 14.8. The molecule has 110 valence electrons.